The number of likely N-dealkylation sites (tertiary alicyclic amines) is 1. The van der Waals surface area contributed by atoms with Gasteiger partial charge in [-0.2, -0.15) is 5.26 Å². The zero-order valence-electron chi connectivity index (χ0n) is 11.4. The highest BCUT2D eigenvalue weighted by Gasteiger charge is 2.24. The molecule has 1 aliphatic rings. The van der Waals surface area contributed by atoms with Crippen LogP contribution in [0.3, 0.4) is 0 Å². The van der Waals surface area contributed by atoms with Gasteiger partial charge in [-0.15, -0.1) is 0 Å². The molecule has 1 fully saturated rings. The van der Waals surface area contributed by atoms with Crippen molar-refractivity contribution in [1.29, 1.82) is 5.26 Å². The SMILES string of the molecule is CCCN1CCCC1COc1cccc(N)c1C#N. The Bertz CT molecular complexity index is 467. The van der Waals surface area contributed by atoms with Crippen LogP contribution in [0.15, 0.2) is 18.2 Å². The molecule has 0 aliphatic carbocycles. The summed E-state index contributed by atoms with van der Waals surface area (Å²) < 4.78 is 5.83. The molecule has 0 saturated carbocycles. The van der Waals surface area contributed by atoms with E-state index in [0.29, 0.717) is 29.6 Å². The number of hydrogen-bond acceptors (Lipinski definition) is 4. The first-order valence-electron chi connectivity index (χ1n) is 6.91. The average molecular weight is 259 g/mol. The molecule has 1 saturated heterocycles. The third-order valence-electron chi connectivity index (χ3n) is 3.61. The van der Waals surface area contributed by atoms with Crippen molar-refractivity contribution in [1.82, 2.24) is 4.90 Å². The Balaban J connectivity index is 1.99. The smallest absolute Gasteiger partial charge is 0.139 e. The summed E-state index contributed by atoms with van der Waals surface area (Å²) in [6.07, 6.45) is 3.57. The van der Waals surface area contributed by atoms with E-state index in [0.717, 1.165) is 19.5 Å². The van der Waals surface area contributed by atoms with Gasteiger partial charge >= 0.3 is 0 Å². The fraction of sp³-hybridized carbons (Fsp3) is 0.533. The number of nitriles is 1. The van der Waals surface area contributed by atoms with Crippen LogP contribution < -0.4 is 10.5 Å². The molecule has 1 unspecified atom stereocenters. The highest BCUT2D eigenvalue weighted by molar-refractivity contribution is 5.60. The van der Waals surface area contributed by atoms with Crippen LogP contribution in [-0.4, -0.2) is 30.6 Å². The molecule has 1 aromatic carbocycles. The Hall–Kier alpha value is -1.73. The second kappa shape index (κ2) is 6.44. The molecule has 1 aliphatic heterocycles. The summed E-state index contributed by atoms with van der Waals surface area (Å²) in [7, 11) is 0. The zero-order valence-corrected chi connectivity index (χ0v) is 11.4. The largest absolute Gasteiger partial charge is 0.490 e. The number of rotatable bonds is 5. The van der Waals surface area contributed by atoms with E-state index in [1.165, 1.54) is 12.8 Å². The molecule has 0 radical (unpaired) electrons. The Morgan fingerprint density at radius 3 is 3.11 bits per heavy atom. The molecule has 19 heavy (non-hydrogen) atoms. The molecule has 102 valence electrons. The van der Waals surface area contributed by atoms with Crippen molar-refractivity contribution in [3.8, 4) is 11.8 Å². The van der Waals surface area contributed by atoms with Gasteiger partial charge in [0.25, 0.3) is 0 Å². The highest BCUT2D eigenvalue weighted by Crippen LogP contribution is 2.25. The molecule has 0 bridgehead atoms. The molecule has 2 N–H and O–H groups in total. The lowest BCUT2D eigenvalue weighted by Crippen LogP contribution is -2.34. The van der Waals surface area contributed by atoms with E-state index in [1.54, 1.807) is 6.07 Å². The lowest BCUT2D eigenvalue weighted by Gasteiger charge is -2.24. The molecular formula is C15H21N3O. The first kappa shape index (κ1) is 13.7. The van der Waals surface area contributed by atoms with E-state index in [1.807, 2.05) is 12.1 Å². The lowest BCUT2D eigenvalue weighted by molar-refractivity contribution is 0.173. The van der Waals surface area contributed by atoms with Crippen LogP contribution in [0.5, 0.6) is 5.75 Å². The Labute approximate surface area is 114 Å². The minimum atomic E-state index is 0.447. The summed E-state index contributed by atoms with van der Waals surface area (Å²) in [6, 6.07) is 7.94. The Morgan fingerprint density at radius 2 is 2.37 bits per heavy atom. The summed E-state index contributed by atoms with van der Waals surface area (Å²) >= 11 is 0. The first-order chi connectivity index (χ1) is 9.26. The van der Waals surface area contributed by atoms with Crippen LogP contribution in [0.4, 0.5) is 5.69 Å². The average Bonchev–Trinajstić information content (AvgIpc) is 2.84. The second-order valence-electron chi connectivity index (χ2n) is 4.98. The molecule has 4 heteroatoms. The number of ether oxygens (including phenoxy) is 1. The fourth-order valence-electron chi connectivity index (χ4n) is 2.64. The van der Waals surface area contributed by atoms with Crippen LogP contribution in [0.2, 0.25) is 0 Å². The maximum absolute atomic E-state index is 9.11. The second-order valence-corrected chi connectivity index (χ2v) is 4.98. The molecule has 1 heterocycles. The summed E-state index contributed by atoms with van der Waals surface area (Å²) in [5.41, 5.74) is 6.71. The number of nitrogen functional groups attached to an aromatic ring is 1. The van der Waals surface area contributed by atoms with Gasteiger partial charge < -0.3 is 10.5 Å². The summed E-state index contributed by atoms with van der Waals surface area (Å²) in [4.78, 5) is 2.47. The quantitative estimate of drug-likeness (QED) is 0.825. The van der Waals surface area contributed by atoms with Gasteiger partial charge in [0.1, 0.15) is 24.0 Å². The Kier molecular flexibility index (Phi) is 4.64. The summed E-state index contributed by atoms with van der Waals surface area (Å²) in [6.45, 7) is 5.11. The molecule has 1 aromatic rings. The molecule has 2 rings (SSSR count). The monoisotopic (exact) mass is 259 g/mol. The molecule has 1 atom stereocenters. The van der Waals surface area contributed by atoms with E-state index in [2.05, 4.69) is 17.9 Å². The number of nitrogens with two attached hydrogens (primary N) is 1. The van der Waals surface area contributed by atoms with Crippen molar-refractivity contribution in [2.75, 3.05) is 25.4 Å². The van der Waals surface area contributed by atoms with Gasteiger partial charge in [0.05, 0.1) is 5.69 Å². The van der Waals surface area contributed by atoms with Crippen LogP contribution in [-0.2, 0) is 0 Å². The summed E-state index contributed by atoms with van der Waals surface area (Å²) in [5.74, 6) is 0.603. The van der Waals surface area contributed by atoms with Crippen molar-refractivity contribution in [3.05, 3.63) is 23.8 Å². The van der Waals surface area contributed by atoms with E-state index < -0.39 is 0 Å². The maximum atomic E-state index is 9.11. The van der Waals surface area contributed by atoms with Gasteiger partial charge in [-0.25, -0.2) is 0 Å². The summed E-state index contributed by atoms with van der Waals surface area (Å²) in [5, 5.41) is 9.11. The number of nitrogens with zero attached hydrogens (tertiary/aromatic N) is 2. The topological polar surface area (TPSA) is 62.3 Å². The van der Waals surface area contributed by atoms with Crippen molar-refractivity contribution in [2.24, 2.45) is 0 Å². The highest BCUT2D eigenvalue weighted by atomic mass is 16.5. The van der Waals surface area contributed by atoms with E-state index >= 15 is 0 Å². The van der Waals surface area contributed by atoms with Gasteiger partial charge in [0, 0.05) is 6.04 Å². The van der Waals surface area contributed by atoms with E-state index in [9.17, 15) is 0 Å². The van der Waals surface area contributed by atoms with Crippen molar-refractivity contribution < 1.29 is 4.74 Å². The molecule has 0 amide bonds. The number of hydrogen-bond donors (Lipinski definition) is 1. The fourth-order valence-corrected chi connectivity index (χ4v) is 2.64. The predicted molar refractivity (Wildman–Crippen MR) is 76.0 cm³/mol. The van der Waals surface area contributed by atoms with Gasteiger partial charge in [-0.05, 0) is 44.5 Å². The van der Waals surface area contributed by atoms with Crippen molar-refractivity contribution in [3.63, 3.8) is 0 Å². The van der Waals surface area contributed by atoms with E-state index in [-0.39, 0.29) is 0 Å². The predicted octanol–water partition coefficient (Wildman–Crippen LogP) is 2.39. The van der Waals surface area contributed by atoms with Gasteiger partial charge in [-0.3, -0.25) is 4.90 Å². The number of anilines is 1. The number of benzene rings is 1. The van der Waals surface area contributed by atoms with Crippen LogP contribution in [0, 0.1) is 11.3 Å². The first-order valence-corrected chi connectivity index (χ1v) is 6.91. The van der Waals surface area contributed by atoms with E-state index in [4.69, 9.17) is 15.7 Å². The lowest BCUT2D eigenvalue weighted by atomic mass is 10.2. The standard InChI is InChI=1S/C15H21N3O/c1-2-8-18-9-4-5-12(18)11-19-15-7-3-6-14(17)13(15)10-16/h3,6-7,12H,2,4-5,8-9,11,17H2,1H3. The third kappa shape index (κ3) is 3.18. The van der Waals surface area contributed by atoms with Crippen LogP contribution in [0.25, 0.3) is 0 Å². The molecule has 4 nitrogen and oxygen atoms in total. The molecule has 0 aromatic heterocycles. The Morgan fingerprint density at radius 1 is 1.53 bits per heavy atom. The van der Waals surface area contributed by atoms with Gasteiger partial charge in [0.15, 0.2) is 0 Å². The molecular weight excluding hydrogens is 238 g/mol. The third-order valence-corrected chi connectivity index (χ3v) is 3.61. The maximum Gasteiger partial charge on any atom is 0.139 e. The van der Waals surface area contributed by atoms with Crippen molar-refractivity contribution >= 4 is 5.69 Å². The van der Waals surface area contributed by atoms with Gasteiger partial charge in [-0.1, -0.05) is 13.0 Å². The van der Waals surface area contributed by atoms with Crippen molar-refractivity contribution in [2.45, 2.75) is 32.2 Å². The van der Waals surface area contributed by atoms with Gasteiger partial charge in [0.2, 0.25) is 0 Å². The normalized spacial score (nSPS) is 19.3. The van der Waals surface area contributed by atoms with Crippen LogP contribution >= 0.6 is 0 Å². The zero-order chi connectivity index (χ0) is 13.7. The molecule has 0 spiro atoms. The minimum Gasteiger partial charge on any atom is -0.490 e. The van der Waals surface area contributed by atoms with Crippen LogP contribution in [0.1, 0.15) is 31.7 Å². The minimum absolute atomic E-state index is 0.447.